The van der Waals surface area contributed by atoms with Gasteiger partial charge in [-0.15, -0.1) is 16.9 Å². The molecule has 0 unspecified atom stereocenters. The van der Waals surface area contributed by atoms with Gasteiger partial charge < -0.3 is 18.6 Å². The van der Waals surface area contributed by atoms with E-state index in [1.54, 1.807) is 39.5 Å². The zero-order valence-corrected chi connectivity index (χ0v) is 16.4. The number of hydrogen-bond acceptors (Lipinski definition) is 8. The van der Waals surface area contributed by atoms with Crippen molar-refractivity contribution in [2.24, 2.45) is 0 Å². The normalized spacial score (nSPS) is 10.4. The average Bonchev–Trinajstić information content (AvgIpc) is 3.20. The van der Waals surface area contributed by atoms with Crippen molar-refractivity contribution >= 4 is 23.7 Å². The molecule has 0 spiro atoms. The highest BCUT2D eigenvalue weighted by atomic mass is 32.2. The molecule has 2 aromatic carbocycles. The van der Waals surface area contributed by atoms with E-state index in [0.717, 1.165) is 10.6 Å². The number of carbonyl (C=O) groups excluding carboxylic acids is 1. The summed E-state index contributed by atoms with van der Waals surface area (Å²) in [4.78, 5) is 13.1. The van der Waals surface area contributed by atoms with Crippen LogP contribution in [0.1, 0.15) is 0 Å². The number of carbonyl (C=O) groups is 1. The van der Waals surface area contributed by atoms with E-state index >= 15 is 0 Å². The largest absolute Gasteiger partial charge is 0.497 e. The topological polar surface area (TPSA) is 95.7 Å². The standard InChI is InChI=1S/C19H19N3O5S/c1-24-12-4-7-14(8-5-12)28-11-17(23)20-19-22-21-18(27-19)15-10-13(25-2)6-9-16(15)26-3/h4-10H,11H2,1-3H3,(H,20,22,23). The van der Waals surface area contributed by atoms with Crippen LogP contribution in [0, 0.1) is 0 Å². The zero-order chi connectivity index (χ0) is 19.9. The summed E-state index contributed by atoms with van der Waals surface area (Å²) >= 11 is 1.39. The van der Waals surface area contributed by atoms with Crippen LogP contribution in [0.2, 0.25) is 0 Å². The number of aromatic nitrogens is 2. The molecule has 0 saturated heterocycles. The van der Waals surface area contributed by atoms with Gasteiger partial charge >= 0.3 is 6.01 Å². The molecule has 28 heavy (non-hydrogen) atoms. The van der Waals surface area contributed by atoms with Crippen LogP contribution in [-0.2, 0) is 4.79 Å². The number of benzene rings is 2. The van der Waals surface area contributed by atoms with E-state index in [1.165, 1.54) is 11.8 Å². The second kappa shape index (κ2) is 9.14. The highest BCUT2D eigenvalue weighted by Gasteiger charge is 2.16. The SMILES string of the molecule is COc1ccc(SCC(=O)Nc2nnc(-c3cc(OC)ccc3OC)o2)cc1. The smallest absolute Gasteiger partial charge is 0.322 e. The van der Waals surface area contributed by atoms with Crippen LogP contribution in [0.25, 0.3) is 11.5 Å². The molecule has 8 nitrogen and oxygen atoms in total. The van der Waals surface area contributed by atoms with Crippen LogP contribution < -0.4 is 19.5 Å². The van der Waals surface area contributed by atoms with E-state index < -0.39 is 0 Å². The van der Waals surface area contributed by atoms with Crippen LogP contribution in [0.3, 0.4) is 0 Å². The number of nitrogens with one attached hydrogen (secondary N) is 1. The van der Waals surface area contributed by atoms with E-state index in [4.69, 9.17) is 18.6 Å². The van der Waals surface area contributed by atoms with Gasteiger partial charge in [-0.05, 0) is 42.5 Å². The first-order chi connectivity index (χ1) is 13.6. The number of hydrogen-bond donors (Lipinski definition) is 1. The first-order valence-corrected chi connectivity index (χ1v) is 9.24. The molecule has 3 rings (SSSR count). The molecule has 0 bridgehead atoms. The van der Waals surface area contributed by atoms with Crippen LogP contribution >= 0.6 is 11.8 Å². The lowest BCUT2D eigenvalue weighted by Crippen LogP contribution is -2.14. The van der Waals surface area contributed by atoms with E-state index in [-0.39, 0.29) is 23.6 Å². The molecule has 0 atom stereocenters. The van der Waals surface area contributed by atoms with Crippen molar-refractivity contribution in [1.82, 2.24) is 10.2 Å². The van der Waals surface area contributed by atoms with Gasteiger partial charge in [0.2, 0.25) is 5.91 Å². The molecule has 0 aliphatic heterocycles. The molecule has 9 heteroatoms. The van der Waals surface area contributed by atoms with Gasteiger partial charge in [-0.3, -0.25) is 10.1 Å². The van der Waals surface area contributed by atoms with Crippen molar-refractivity contribution in [2.45, 2.75) is 4.90 Å². The Morgan fingerprint density at radius 1 is 1.00 bits per heavy atom. The lowest BCUT2D eigenvalue weighted by molar-refractivity contribution is -0.113. The Bertz CT molecular complexity index is 943. The molecule has 0 aliphatic carbocycles. The van der Waals surface area contributed by atoms with Gasteiger partial charge in [0.15, 0.2) is 0 Å². The molecule has 1 N–H and O–H groups in total. The van der Waals surface area contributed by atoms with Gasteiger partial charge in [-0.25, -0.2) is 0 Å². The summed E-state index contributed by atoms with van der Waals surface area (Å²) in [5.41, 5.74) is 0.572. The van der Waals surface area contributed by atoms with Gasteiger partial charge in [-0.1, -0.05) is 5.10 Å². The fraction of sp³-hybridized carbons (Fsp3) is 0.211. The number of ether oxygens (including phenoxy) is 3. The lowest BCUT2D eigenvalue weighted by Gasteiger charge is -2.07. The first-order valence-electron chi connectivity index (χ1n) is 8.25. The van der Waals surface area contributed by atoms with Crippen LogP contribution in [0.5, 0.6) is 17.2 Å². The predicted molar refractivity (Wildman–Crippen MR) is 105 cm³/mol. The molecule has 1 heterocycles. The summed E-state index contributed by atoms with van der Waals surface area (Å²) in [5, 5.41) is 10.4. The summed E-state index contributed by atoms with van der Waals surface area (Å²) in [6, 6.07) is 12.7. The molecular formula is C19H19N3O5S. The summed E-state index contributed by atoms with van der Waals surface area (Å²) in [6.07, 6.45) is 0. The second-order valence-corrected chi connectivity index (χ2v) is 6.54. The monoisotopic (exact) mass is 401 g/mol. The lowest BCUT2D eigenvalue weighted by atomic mass is 10.2. The van der Waals surface area contributed by atoms with Gasteiger partial charge in [0.25, 0.3) is 5.89 Å². The highest BCUT2D eigenvalue weighted by molar-refractivity contribution is 8.00. The minimum Gasteiger partial charge on any atom is -0.497 e. The quantitative estimate of drug-likeness (QED) is 0.573. The molecule has 1 aromatic heterocycles. The summed E-state index contributed by atoms with van der Waals surface area (Å²) in [7, 11) is 4.71. The van der Waals surface area contributed by atoms with Gasteiger partial charge in [0.1, 0.15) is 17.2 Å². The number of anilines is 1. The van der Waals surface area contributed by atoms with Crippen molar-refractivity contribution in [3.05, 3.63) is 42.5 Å². The van der Waals surface area contributed by atoms with E-state index in [2.05, 4.69) is 15.5 Å². The van der Waals surface area contributed by atoms with E-state index in [9.17, 15) is 4.79 Å². The Morgan fingerprint density at radius 2 is 1.71 bits per heavy atom. The maximum atomic E-state index is 12.1. The third-order valence-corrected chi connectivity index (χ3v) is 4.75. The maximum absolute atomic E-state index is 12.1. The fourth-order valence-electron chi connectivity index (χ4n) is 2.34. The Morgan fingerprint density at radius 3 is 2.39 bits per heavy atom. The molecular weight excluding hydrogens is 382 g/mol. The van der Waals surface area contributed by atoms with Crippen molar-refractivity contribution in [1.29, 1.82) is 0 Å². The zero-order valence-electron chi connectivity index (χ0n) is 15.6. The highest BCUT2D eigenvalue weighted by Crippen LogP contribution is 2.33. The van der Waals surface area contributed by atoms with Crippen molar-refractivity contribution < 1.29 is 23.4 Å². The summed E-state index contributed by atoms with van der Waals surface area (Å²) < 4.78 is 21.2. The average molecular weight is 401 g/mol. The minimum absolute atomic E-state index is 0.0141. The van der Waals surface area contributed by atoms with Crippen molar-refractivity contribution in [3.63, 3.8) is 0 Å². The molecule has 0 fully saturated rings. The predicted octanol–water partition coefficient (Wildman–Crippen LogP) is 3.49. The number of amides is 1. The Hall–Kier alpha value is -3.20. The molecule has 0 aliphatic rings. The van der Waals surface area contributed by atoms with Gasteiger partial charge in [-0.2, -0.15) is 0 Å². The molecule has 0 saturated carbocycles. The summed E-state index contributed by atoms with van der Waals surface area (Å²) in [5.74, 6) is 2.10. The molecule has 3 aromatic rings. The van der Waals surface area contributed by atoms with Crippen LogP contribution in [0.15, 0.2) is 51.8 Å². The Labute approximate surface area is 166 Å². The maximum Gasteiger partial charge on any atom is 0.322 e. The number of thioether (sulfide) groups is 1. The second-order valence-electron chi connectivity index (χ2n) is 5.49. The van der Waals surface area contributed by atoms with E-state index in [1.807, 2.05) is 24.3 Å². The molecule has 146 valence electrons. The number of methoxy groups -OCH3 is 3. The van der Waals surface area contributed by atoms with E-state index in [0.29, 0.717) is 17.1 Å². The summed E-state index contributed by atoms with van der Waals surface area (Å²) in [6.45, 7) is 0. The fourth-order valence-corrected chi connectivity index (χ4v) is 3.04. The van der Waals surface area contributed by atoms with Gasteiger partial charge in [0, 0.05) is 4.90 Å². The van der Waals surface area contributed by atoms with Crippen molar-refractivity contribution in [3.8, 4) is 28.7 Å². The Kier molecular flexibility index (Phi) is 6.38. The van der Waals surface area contributed by atoms with Gasteiger partial charge in [0.05, 0.1) is 32.6 Å². The number of nitrogens with zero attached hydrogens (tertiary/aromatic N) is 2. The third kappa shape index (κ3) is 4.74. The Balaban J connectivity index is 1.63. The van der Waals surface area contributed by atoms with Crippen LogP contribution in [0.4, 0.5) is 6.01 Å². The minimum atomic E-state index is -0.256. The third-order valence-electron chi connectivity index (χ3n) is 3.74. The van der Waals surface area contributed by atoms with Crippen LogP contribution in [-0.4, -0.2) is 43.2 Å². The first kappa shape index (κ1) is 19.6. The molecule has 1 amide bonds. The molecule has 0 radical (unpaired) electrons. The van der Waals surface area contributed by atoms with Crippen molar-refractivity contribution in [2.75, 3.05) is 32.4 Å². The number of rotatable bonds is 8.